The van der Waals surface area contributed by atoms with Crippen LogP contribution in [0.4, 0.5) is 4.79 Å². The van der Waals surface area contributed by atoms with Gasteiger partial charge in [0.2, 0.25) is 10.0 Å². The van der Waals surface area contributed by atoms with Crippen LogP contribution < -0.4 is 5.69 Å². The molecule has 1 amide bonds. The van der Waals surface area contributed by atoms with Crippen LogP contribution in [-0.4, -0.2) is 76.0 Å². The number of aromatic nitrogens is 2. The van der Waals surface area contributed by atoms with Crippen molar-refractivity contribution in [3.63, 3.8) is 0 Å². The number of likely N-dealkylation sites (tertiary alicyclic amines) is 1. The molecular formula is C28H36N4O6S. The van der Waals surface area contributed by atoms with Crippen molar-refractivity contribution in [3.8, 4) is 0 Å². The molecule has 3 aromatic rings. The van der Waals surface area contributed by atoms with Crippen molar-refractivity contribution in [2.75, 3.05) is 32.8 Å². The van der Waals surface area contributed by atoms with Gasteiger partial charge >= 0.3 is 11.8 Å². The Hall–Kier alpha value is -3.15. The number of aliphatic hydroxyl groups excluding tert-OH is 1. The van der Waals surface area contributed by atoms with Crippen LogP contribution in [0.2, 0.25) is 0 Å². The van der Waals surface area contributed by atoms with Gasteiger partial charge in [0, 0.05) is 45.4 Å². The number of imidazole rings is 1. The summed E-state index contributed by atoms with van der Waals surface area (Å²) in [6, 6.07) is 17.0. The number of nitrogens with zero attached hydrogens (tertiary/aromatic N) is 4. The molecule has 0 unspecified atom stereocenters. The molecule has 0 atom stereocenters. The maximum absolute atomic E-state index is 13.5. The number of aliphatic hydroxyl groups is 1. The van der Waals surface area contributed by atoms with Gasteiger partial charge in [0.15, 0.2) is 0 Å². The number of piperidine rings is 2. The highest BCUT2D eigenvalue weighted by Crippen LogP contribution is 2.30. The lowest BCUT2D eigenvalue weighted by atomic mass is 10.1. The van der Waals surface area contributed by atoms with Gasteiger partial charge in [-0.2, -0.15) is 0 Å². The predicted molar refractivity (Wildman–Crippen MR) is 148 cm³/mol. The second kappa shape index (κ2) is 11.9. The van der Waals surface area contributed by atoms with Crippen molar-refractivity contribution in [2.24, 2.45) is 0 Å². The molecule has 2 saturated heterocycles. The SMILES string of the molecule is O=C(OCc1ccccc1)N1CCC(S(=O)(=O)N2CCC(n3c(=O)n(CCCO)c4ccccc43)CC2)CC1. The summed E-state index contributed by atoms with van der Waals surface area (Å²) in [6.45, 7) is 2.04. The number of hydrogen-bond donors (Lipinski definition) is 1. The average Bonchev–Trinajstić information content (AvgIpc) is 3.26. The number of hydrogen-bond acceptors (Lipinski definition) is 6. The fourth-order valence-corrected chi connectivity index (χ4v) is 7.69. The summed E-state index contributed by atoms with van der Waals surface area (Å²) in [4.78, 5) is 27.4. The molecule has 2 aromatic carbocycles. The van der Waals surface area contributed by atoms with E-state index in [0.29, 0.717) is 64.8 Å². The average molecular weight is 557 g/mol. The van der Waals surface area contributed by atoms with Gasteiger partial charge in [-0.1, -0.05) is 42.5 Å². The number of aryl methyl sites for hydroxylation is 1. The second-order valence-corrected chi connectivity index (χ2v) is 12.5. The predicted octanol–water partition coefficient (Wildman–Crippen LogP) is 2.95. The Morgan fingerprint density at radius 2 is 1.54 bits per heavy atom. The van der Waals surface area contributed by atoms with Gasteiger partial charge in [-0.15, -0.1) is 0 Å². The number of rotatable bonds is 8. The Balaban J connectivity index is 1.18. The number of carbonyl (C=O) groups is 1. The molecule has 1 aromatic heterocycles. The molecule has 11 heteroatoms. The summed E-state index contributed by atoms with van der Waals surface area (Å²) < 4.78 is 37.4. The smallest absolute Gasteiger partial charge is 0.410 e. The van der Waals surface area contributed by atoms with Gasteiger partial charge in [-0.05, 0) is 49.8 Å². The van der Waals surface area contributed by atoms with Crippen molar-refractivity contribution in [3.05, 3.63) is 70.6 Å². The van der Waals surface area contributed by atoms with Crippen LogP contribution in [0.1, 0.15) is 43.7 Å². The first kappa shape index (κ1) is 27.4. The van der Waals surface area contributed by atoms with Gasteiger partial charge in [0.25, 0.3) is 0 Å². The Morgan fingerprint density at radius 1 is 0.897 bits per heavy atom. The van der Waals surface area contributed by atoms with Crippen LogP contribution in [0, 0.1) is 0 Å². The number of ether oxygens (including phenoxy) is 1. The molecule has 210 valence electrons. The Morgan fingerprint density at radius 3 is 2.21 bits per heavy atom. The zero-order chi connectivity index (χ0) is 27.4. The number of sulfonamides is 1. The van der Waals surface area contributed by atoms with E-state index in [9.17, 15) is 23.1 Å². The molecule has 1 N–H and O–H groups in total. The van der Waals surface area contributed by atoms with Gasteiger partial charge < -0.3 is 14.7 Å². The van der Waals surface area contributed by atoms with Gasteiger partial charge in [-0.25, -0.2) is 22.3 Å². The van der Waals surface area contributed by atoms with E-state index in [1.807, 2.05) is 54.6 Å². The molecule has 0 radical (unpaired) electrons. The molecule has 2 aliphatic heterocycles. The van der Waals surface area contributed by atoms with E-state index in [1.54, 1.807) is 18.3 Å². The highest BCUT2D eigenvalue weighted by atomic mass is 32.2. The first-order chi connectivity index (χ1) is 18.9. The van der Waals surface area contributed by atoms with E-state index >= 15 is 0 Å². The van der Waals surface area contributed by atoms with Crippen molar-refractivity contribution in [2.45, 2.75) is 56.5 Å². The zero-order valence-electron chi connectivity index (χ0n) is 22.0. The minimum atomic E-state index is -3.52. The highest BCUT2D eigenvalue weighted by Gasteiger charge is 2.38. The molecular weight excluding hydrogens is 520 g/mol. The maximum atomic E-state index is 13.5. The van der Waals surface area contributed by atoms with Crippen molar-refractivity contribution < 1.29 is 23.1 Å². The van der Waals surface area contributed by atoms with E-state index in [1.165, 1.54) is 0 Å². The second-order valence-electron chi connectivity index (χ2n) is 10.3. The minimum Gasteiger partial charge on any atom is -0.445 e. The first-order valence-corrected chi connectivity index (χ1v) is 15.2. The highest BCUT2D eigenvalue weighted by molar-refractivity contribution is 7.89. The fourth-order valence-electron chi connectivity index (χ4n) is 5.74. The van der Waals surface area contributed by atoms with Crippen molar-refractivity contribution in [1.29, 1.82) is 0 Å². The summed E-state index contributed by atoms with van der Waals surface area (Å²) in [7, 11) is -3.52. The Labute approximate surface area is 228 Å². The van der Waals surface area contributed by atoms with Gasteiger partial charge in [-0.3, -0.25) is 9.13 Å². The largest absolute Gasteiger partial charge is 0.445 e. The topological polar surface area (TPSA) is 114 Å². The molecule has 0 bridgehead atoms. The summed E-state index contributed by atoms with van der Waals surface area (Å²) in [6.07, 6.45) is 1.93. The lowest BCUT2D eigenvalue weighted by Gasteiger charge is -2.37. The minimum absolute atomic E-state index is 0.00991. The van der Waals surface area contributed by atoms with Crippen LogP contribution in [0.5, 0.6) is 0 Å². The van der Waals surface area contributed by atoms with E-state index < -0.39 is 21.4 Å². The molecule has 5 rings (SSSR count). The molecule has 2 aliphatic rings. The number of fused-ring (bicyclic) bond motifs is 1. The quantitative estimate of drug-likeness (QED) is 0.456. The monoisotopic (exact) mass is 556 g/mol. The van der Waals surface area contributed by atoms with E-state index in [4.69, 9.17) is 4.74 Å². The first-order valence-electron chi connectivity index (χ1n) is 13.7. The van der Waals surface area contributed by atoms with Crippen LogP contribution in [-0.2, 0) is 27.9 Å². The van der Waals surface area contributed by atoms with Crippen molar-refractivity contribution in [1.82, 2.24) is 18.3 Å². The number of carbonyl (C=O) groups excluding carboxylic acids is 1. The molecule has 0 saturated carbocycles. The van der Waals surface area contributed by atoms with Crippen molar-refractivity contribution >= 4 is 27.1 Å². The number of para-hydroxylation sites is 2. The summed E-state index contributed by atoms with van der Waals surface area (Å²) >= 11 is 0. The van der Waals surface area contributed by atoms with E-state index in [-0.39, 0.29) is 24.9 Å². The Kier molecular flexibility index (Phi) is 8.39. The lowest BCUT2D eigenvalue weighted by molar-refractivity contribution is 0.0894. The molecule has 0 aliphatic carbocycles. The summed E-state index contributed by atoms with van der Waals surface area (Å²) in [5.74, 6) is 0. The number of amides is 1. The maximum Gasteiger partial charge on any atom is 0.410 e. The third-order valence-electron chi connectivity index (χ3n) is 7.88. The molecule has 3 heterocycles. The molecule has 39 heavy (non-hydrogen) atoms. The Bertz CT molecular complexity index is 1440. The normalized spacial score (nSPS) is 18.0. The van der Waals surface area contributed by atoms with E-state index in [2.05, 4.69) is 0 Å². The van der Waals surface area contributed by atoms with Crippen LogP contribution >= 0.6 is 0 Å². The summed E-state index contributed by atoms with van der Waals surface area (Å²) in [5, 5.41) is 8.73. The summed E-state index contributed by atoms with van der Waals surface area (Å²) in [5.41, 5.74) is 2.47. The third kappa shape index (κ3) is 5.75. The molecule has 2 fully saturated rings. The zero-order valence-corrected chi connectivity index (χ0v) is 22.8. The third-order valence-corrected chi connectivity index (χ3v) is 10.3. The lowest BCUT2D eigenvalue weighted by Crippen LogP contribution is -2.49. The van der Waals surface area contributed by atoms with Crippen LogP contribution in [0.25, 0.3) is 11.0 Å². The van der Waals surface area contributed by atoms with Crippen LogP contribution in [0.3, 0.4) is 0 Å². The van der Waals surface area contributed by atoms with Crippen LogP contribution in [0.15, 0.2) is 59.4 Å². The molecule has 0 spiro atoms. The van der Waals surface area contributed by atoms with Gasteiger partial charge in [0.1, 0.15) is 6.61 Å². The standard InChI is InChI=1S/C28H36N4O6S/c33-20-6-15-31-25-9-4-5-10-26(25)32(27(31)34)23-11-18-30(19-12-23)39(36,37)24-13-16-29(17-14-24)28(35)38-21-22-7-2-1-3-8-22/h1-5,7-10,23-24,33H,6,11-21H2. The fraction of sp³-hybridized carbons (Fsp3) is 0.500. The number of benzene rings is 2. The van der Waals surface area contributed by atoms with Gasteiger partial charge in [0.05, 0.1) is 16.3 Å². The van der Waals surface area contributed by atoms with E-state index in [0.717, 1.165) is 16.6 Å². The molecule has 10 nitrogen and oxygen atoms in total.